The van der Waals surface area contributed by atoms with Crippen molar-refractivity contribution >= 4 is 23.2 Å². The van der Waals surface area contributed by atoms with Crippen LogP contribution < -0.4 is 9.47 Å². The van der Waals surface area contributed by atoms with Gasteiger partial charge in [0.2, 0.25) is 0 Å². The molecule has 0 bridgehead atoms. The molecule has 78 valence electrons. The van der Waals surface area contributed by atoms with Gasteiger partial charge < -0.3 is 9.47 Å². The Morgan fingerprint density at radius 3 is 1.86 bits per heavy atom. The Balaban J connectivity index is 3.00. The number of ether oxygens (including phenoxy) is 2. The number of hydrogen-bond acceptors (Lipinski definition) is 3. The molecule has 1 rings (SSSR count). The molecule has 1 aromatic heterocycles. The fraction of sp³-hybridized carbons (Fsp3) is 0.444. The van der Waals surface area contributed by atoms with Crippen LogP contribution in [0.25, 0.3) is 0 Å². The molecule has 1 aromatic rings. The van der Waals surface area contributed by atoms with Gasteiger partial charge in [-0.25, -0.2) is 4.98 Å². The quantitative estimate of drug-likeness (QED) is 0.752. The first-order valence-electron chi connectivity index (χ1n) is 4.30. The van der Waals surface area contributed by atoms with Crippen molar-refractivity contribution in [2.45, 2.75) is 13.8 Å². The van der Waals surface area contributed by atoms with E-state index in [0.717, 1.165) is 0 Å². The van der Waals surface area contributed by atoms with Crippen LogP contribution in [0.2, 0.25) is 10.3 Å². The van der Waals surface area contributed by atoms with E-state index in [4.69, 9.17) is 32.7 Å². The van der Waals surface area contributed by atoms with Crippen LogP contribution in [0.1, 0.15) is 13.8 Å². The summed E-state index contributed by atoms with van der Waals surface area (Å²) < 4.78 is 10.5. The van der Waals surface area contributed by atoms with Gasteiger partial charge in [-0.05, 0) is 13.8 Å². The van der Waals surface area contributed by atoms with E-state index < -0.39 is 0 Å². The van der Waals surface area contributed by atoms with Crippen LogP contribution >= 0.6 is 23.2 Å². The van der Waals surface area contributed by atoms with E-state index >= 15 is 0 Å². The Morgan fingerprint density at radius 1 is 1.07 bits per heavy atom. The van der Waals surface area contributed by atoms with Gasteiger partial charge in [-0.2, -0.15) is 0 Å². The van der Waals surface area contributed by atoms with Crippen LogP contribution in [0.15, 0.2) is 6.07 Å². The average molecular weight is 236 g/mol. The van der Waals surface area contributed by atoms with Gasteiger partial charge in [-0.15, -0.1) is 0 Å². The Bertz CT molecular complexity index is 291. The van der Waals surface area contributed by atoms with Crippen LogP contribution in [0.5, 0.6) is 11.5 Å². The smallest absolute Gasteiger partial charge is 0.172 e. The molecular formula is C9H11Cl2NO2. The number of nitrogens with zero attached hydrogens (tertiary/aromatic N) is 1. The molecule has 0 aliphatic heterocycles. The highest BCUT2D eigenvalue weighted by Gasteiger charge is 2.10. The molecule has 0 aromatic carbocycles. The highest BCUT2D eigenvalue weighted by molar-refractivity contribution is 6.34. The van der Waals surface area contributed by atoms with E-state index in [0.29, 0.717) is 24.7 Å². The van der Waals surface area contributed by atoms with E-state index in [1.54, 1.807) is 6.07 Å². The lowest BCUT2D eigenvalue weighted by Crippen LogP contribution is -1.98. The van der Waals surface area contributed by atoms with Crippen molar-refractivity contribution in [1.82, 2.24) is 4.98 Å². The molecule has 14 heavy (non-hydrogen) atoms. The van der Waals surface area contributed by atoms with Crippen molar-refractivity contribution in [3.8, 4) is 11.5 Å². The number of hydrogen-bond donors (Lipinski definition) is 0. The van der Waals surface area contributed by atoms with Crippen LogP contribution in [0, 0.1) is 0 Å². The van der Waals surface area contributed by atoms with Gasteiger partial charge in [0.1, 0.15) is 0 Å². The highest BCUT2D eigenvalue weighted by atomic mass is 35.5. The molecule has 5 heteroatoms. The van der Waals surface area contributed by atoms with Gasteiger partial charge in [0.05, 0.1) is 13.2 Å². The molecular weight excluding hydrogens is 225 g/mol. The highest BCUT2D eigenvalue weighted by Crippen LogP contribution is 2.32. The summed E-state index contributed by atoms with van der Waals surface area (Å²) in [7, 11) is 0. The van der Waals surface area contributed by atoms with Gasteiger partial charge in [0.15, 0.2) is 21.8 Å². The van der Waals surface area contributed by atoms with E-state index in [2.05, 4.69) is 4.98 Å². The zero-order valence-electron chi connectivity index (χ0n) is 8.01. The first-order valence-corrected chi connectivity index (χ1v) is 5.06. The summed E-state index contributed by atoms with van der Waals surface area (Å²) in [6.07, 6.45) is 0. The average Bonchev–Trinajstić information content (AvgIpc) is 2.14. The normalized spacial score (nSPS) is 10.0. The number of pyridine rings is 1. The van der Waals surface area contributed by atoms with Crippen LogP contribution in [0.4, 0.5) is 0 Å². The summed E-state index contributed by atoms with van der Waals surface area (Å²) in [6, 6.07) is 1.64. The second-order valence-corrected chi connectivity index (χ2v) is 3.15. The van der Waals surface area contributed by atoms with E-state index in [1.807, 2.05) is 13.8 Å². The zero-order valence-corrected chi connectivity index (χ0v) is 9.52. The van der Waals surface area contributed by atoms with Gasteiger partial charge in [-0.3, -0.25) is 0 Å². The molecule has 0 atom stereocenters. The first-order chi connectivity index (χ1) is 6.69. The molecule has 0 aliphatic carbocycles. The van der Waals surface area contributed by atoms with Crippen LogP contribution in [-0.4, -0.2) is 18.2 Å². The molecule has 0 fully saturated rings. The summed E-state index contributed by atoms with van der Waals surface area (Å²) in [4.78, 5) is 3.89. The molecule has 0 N–H and O–H groups in total. The minimum atomic E-state index is 0.250. The maximum absolute atomic E-state index is 5.80. The summed E-state index contributed by atoms with van der Waals surface area (Å²) in [6.45, 7) is 4.78. The monoisotopic (exact) mass is 235 g/mol. The van der Waals surface area contributed by atoms with E-state index in [-0.39, 0.29) is 10.3 Å². The van der Waals surface area contributed by atoms with Gasteiger partial charge in [0, 0.05) is 6.07 Å². The van der Waals surface area contributed by atoms with E-state index in [9.17, 15) is 0 Å². The summed E-state index contributed by atoms with van der Waals surface area (Å²) >= 11 is 11.6. The van der Waals surface area contributed by atoms with E-state index in [1.165, 1.54) is 0 Å². The third kappa shape index (κ3) is 2.66. The zero-order chi connectivity index (χ0) is 10.6. The summed E-state index contributed by atoms with van der Waals surface area (Å²) in [5, 5.41) is 0.501. The van der Waals surface area contributed by atoms with Crippen LogP contribution in [-0.2, 0) is 0 Å². The van der Waals surface area contributed by atoms with Crippen molar-refractivity contribution in [3.63, 3.8) is 0 Å². The Morgan fingerprint density at radius 2 is 1.50 bits per heavy atom. The Hall–Kier alpha value is -0.670. The Kier molecular flexibility index (Phi) is 4.29. The minimum absolute atomic E-state index is 0.250. The Labute approximate surface area is 92.9 Å². The molecule has 1 heterocycles. The van der Waals surface area contributed by atoms with Gasteiger partial charge >= 0.3 is 0 Å². The fourth-order valence-electron chi connectivity index (χ4n) is 0.948. The number of rotatable bonds is 4. The summed E-state index contributed by atoms with van der Waals surface area (Å²) in [5.74, 6) is 0.976. The van der Waals surface area contributed by atoms with Gasteiger partial charge in [0.25, 0.3) is 0 Å². The SMILES string of the molecule is CCOc1cc(OCC)c(Cl)nc1Cl. The first kappa shape index (κ1) is 11.4. The third-order valence-electron chi connectivity index (χ3n) is 1.46. The van der Waals surface area contributed by atoms with Crippen LogP contribution in [0.3, 0.4) is 0 Å². The maximum atomic E-state index is 5.80. The predicted molar refractivity (Wildman–Crippen MR) is 56.6 cm³/mol. The van der Waals surface area contributed by atoms with Crippen molar-refractivity contribution in [3.05, 3.63) is 16.4 Å². The molecule has 0 saturated carbocycles. The molecule has 0 aliphatic rings. The topological polar surface area (TPSA) is 31.4 Å². The molecule has 0 unspecified atom stereocenters. The molecule has 3 nitrogen and oxygen atoms in total. The second-order valence-electron chi connectivity index (χ2n) is 2.43. The second kappa shape index (κ2) is 5.27. The van der Waals surface area contributed by atoms with Crippen molar-refractivity contribution in [1.29, 1.82) is 0 Å². The molecule has 0 radical (unpaired) electrons. The summed E-state index contributed by atoms with van der Waals surface area (Å²) in [5.41, 5.74) is 0. The lowest BCUT2D eigenvalue weighted by molar-refractivity contribution is 0.321. The lowest BCUT2D eigenvalue weighted by Gasteiger charge is -2.09. The van der Waals surface area contributed by atoms with Crippen molar-refractivity contribution < 1.29 is 9.47 Å². The maximum Gasteiger partial charge on any atom is 0.172 e. The predicted octanol–water partition coefficient (Wildman–Crippen LogP) is 3.19. The molecule has 0 saturated heterocycles. The van der Waals surface area contributed by atoms with Crippen molar-refractivity contribution in [2.75, 3.05) is 13.2 Å². The number of aromatic nitrogens is 1. The molecule has 0 amide bonds. The molecule has 0 spiro atoms. The number of halogens is 2. The minimum Gasteiger partial charge on any atom is -0.491 e. The standard InChI is InChI=1S/C9H11Cl2NO2/c1-3-13-6-5-7(14-4-2)9(11)12-8(6)10/h5H,3-4H2,1-2H3. The lowest BCUT2D eigenvalue weighted by atomic mass is 10.4. The fourth-order valence-corrected chi connectivity index (χ4v) is 1.38. The van der Waals surface area contributed by atoms with Crippen molar-refractivity contribution in [2.24, 2.45) is 0 Å². The third-order valence-corrected chi connectivity index (χ3v) is 2.01. The van der Waals surface area contributed by atoms with Gasteiger partial charge in [-0.1, -0.05) is 23.2 Å². The largest absolute Gasteiger partial charge is 0.491 e.